The molecule has 0 bridgehead atoms. The first kappa shape index (κ1) is 11.4. The highest BCUT2D eigenvalue weighted by Gasteiger charge is 2.18. The number of hydrogen-bond donors (Lipinski definition) is 0. The van der Waals surface area contributed by atoms with Gasteiger partial charge in [-0.15, -0.1) is 0 Å². The predicted molar refractivity (Wildman–Crippen MR) is 50.7 cm³/mol. The molecule has 0 atom stereocenters. The maximum absolute atomic E-state index is 9.95. The summed E-state index contributed by atoms with van der Waals surface area (Å²) in [6, 6.07) is 0. The van der Waals surface area contributed by atoms with Gasteiger partial charge in [0.15, 0.2) is 0 Å². The van der Waals surface area contributed by atoms with Crippen LogP contribution in [0.3, 0.4) is 0 Å². The topological polar surface area (TPSA) is 29.4 Å². The Labute approximate surface area is 78.3 Å². The molecule has 0 fully saturated rings. The van der Waals surface area contributed by atoms with E-state index in [2.05, 4.69) is 4.99 Å². The van der Waals surface area contributed by atoms with Gasteiger partial charge < -0.3 is 0 Å². The summed E-state index contributed by atoms with van der Waals surface area (Å²) >= 11 is 5.78. The number of rotatable bonds is 2. The molecule has 0 aromatic rings. The number of halogens is 1. The molecule has 0 radical (unpaired) electrons. The molecule has 0 spiro atoms. The van der Waals surface area contributed by atoms with Gasteiger partial charge in [0.1, 0.15) is 5.16 Å². The molecule has 0 saturated heterocycles. The van der Waals surface area contributed by atoms with Crippen LogP contribution in [0.1, 0.15) is 34.1 Å². The summed E-state index contributed by atoms with van der Waals surface area (Å²) in [6.45, 7) is 8.10. The summed E-state index contributed by atoms with van der Waals surface area (Å²) in [4.78, 5) is 13.4. The molecule has 2 nitrogen and oxygen atoms in total. The molecule has 0 aromatic heterocycles. The minimum atomic E-state index is -0.0355. The molecule has 0 amide bonds. The van der Waals surface area contributed by atoms with Crippen LogP contribution in [0.2, 0.25) is 0 Å². The molecule has 12 heavy (non-hydrogen) atoms. The van der Waals surface area contributed by atoms with Gasteiger partial charge in [-0.3, -0.25) is 0 Å². The van der Waals surface area contributed by atoms with E-state index in [1.165, 1.54) is 6.08 Å². The van der Waals surface area contributed by atoms with Crippen LogP contribution in [0.25, 0.3) is 0 Å². The normalized spacial score (nSPS) is 13.4. The van der Waals surface area contributed by atoms with Crippen LogP contribution in [-0.4, -0.2) is 6.08 Å². The molecule has 0 aliphatic heterocycles. The van der Waals surface area contributed by atoms with E-state index in [9.17, 15) is 4.79 Å². The Balaban J connectivity index is 4.99. The second-order valence-electron chi connectivity index (χ2n) is 3.58. The Morgan fingerprint density at radius 2 is 2.00 bits per heavy atom. The average molecular weight is 188 g/mol. The molecular weight excluding hydrogens is 174 g/mol. The summed E-state index contributed by atoms with van der Waals surface area (Å²) in [5.74, 6) is 0. The first-order chi connectivity index (χ1) is 5.43. The van der Waals surface area contributed by atoms with Crippen molar-refractivity contribution in [3.63, 3.8) is 0 Å². The maximum atomic E-state index is 9.95. The third-order valence-corrected chi connectivity index (χ3v) is 1.96. The van der Waals surface area contributed by atoms with E-state index in [4.69, 9.17) is 11.6 Å². The van der Waals surface area contributed by atoms with E-state index in [1.807, 2.05) is 27.7 Å². The molecule has 3 heteroatoms. The van der Waals surface area contributed by atoms with Crippen molar-refractivity contribution >= 4 is 17.7 Å². The quantitative estimate of drug-likeness (QED) is 0.371. The monoisotopic (exact) mass is 187 g/mol. The van der Waals surface area contributed by atoms with Crippen molar-refractivity contribution in [2.24, 2.45) is 10.4 Å². The molecule has 0 aliphatic carbocycles. The van der Waals surface area contributed by atoms with Gasteiger partial charge in [-0.1, -0.05) is 39.3 Å². The van der Waals surface area contributed by atoms with Crippen molar-refractivity contribution in [3.8, 4) is 0 Å². The molecule has 0 N–H and O–H groups in total. The van der Waals surface area contributed by atoms with Crippen molar-refractivity contribution in [2.45, 2.75) is 34.1 Å². The molecule has 0 saturated carbocycles. The summed E-state index contributed by atoms with van der Waals surface area (Å²) in [5.41, 5.74) is 0.944. The summed E-state index contributed by atoms with van der Waals surface area (Å²) in [6.07, 6.45) is 2.24. The van der Waals surface area contributed by atoms with Crippen LogP contribution in [0.4, 0.5) is 0 Å². The average Bonchev–Trinajstić information content (AvgIpc) is 1.85. The Hall–Kier alpha value is -0.590. The van der Waals surface area contributed by atoms with Gasteiger partial charge >= 0.3 is 0 Å². The molecular formula is C9H14ClNO. The molecule has 68 valence electrons. The van der Waals surface area contributed by atoms with Crippen LogP contribution in [-0.2, 0) is 4.79 Å². The van der Waals surface area contributed by atoms with E-state index in [0.29, 0.717) is 0 Å². The molecule has 0 aliphatic rings. The van der Waals surface area contributed by atoms with E-state index in [0.717, 1.165) is 12.0 Å². The van der Waals surface area contributed by atoms with Crippen molar-refractivity contribution in [2.75, 3.05) is 0 Å². The zero-order chi connectivity index (χ0) is 9.78. The number of hydrogen-bond acceptors (Lipinski definition) is 2. The third-order valence-electron chi connectivity index (χ3n) is 1.65. The number of aliphatic imine (C=N–C) groups is 1. The number of isocyanates is 1. The van der Waals surface area contributed by atoms with Gasteiger partial charge in [-0.05, 0) is 17.4 Å². The summed E-state index contributed by atoms with van der Waals surface area (Å²) in [7, 11) is 0. The van der Waals surface area contributed by atoms with E-state index < -0.39 is 0 Å². The Morgan fingerprint density at radius 3 is 2.25 bits per heavy atom. The van der Waals surface area contributed by atoms with Gasteiger partial charge in [0.25, 0.3) is 0 Å². The zero-order valence-corrected chi connectivity index (χ0v) is 8.70. The Bertz CT molecular complexity index is 231. The lowest BCUT2D eigenvalue weighted by atomic mass is 9.85. The van der Waals surface area contributed by atoms with Crippen LogP contribution < -0.4 is 0 Å². The van der Waals surface area contributed by atoms with Crippen LogP contribution in [0.15, 0.2) is 15.7 Å². The first-order valence-corrected chi connectivity index (χ1v) is 4.28. The molecule has 0 aromatic carbocycles. The number of nitrogens with zero attached hydrogens (tertiary/aromatic N) is 1. The van der Waals surface area contributed by atoms with Crippen molar-refractivity contribution in [3.05, 3.63) is 10.7 Å². The van der Waals surface area contributed by atoms with Crippen LogP contribution in [0, 0.1) is 5.41 Å². The first-order valence-electron chi connectivity index (χ1n) is 3.90. The van der Waals surface area contributed by atoms with E-state index in [1.54, 1.807) is 0 Å². The Morgan fingerprint density at radius 1 is 1.50 bits per heavy atom. The van der Waals surface area contributed by atoms with Gasteiger partial charge in [-0.25, -0.2) is 4.79 Å². The van der Waals surface area contributed by atoms with Gasteiger partial charge in [-0.2, -0.15) is 4.99 Å². The minimum Gasteiger partial charge on any atom is -0.211 e. The molecule has 0 unspecified atom stereocenters. The molecule has 0 heterocycles. The van der Waals surface area contributed by atoms with E-state index >= 15 is 0 Å². The number of carbonyl (C=O) groups excluding carboxylic acids is 1. The maximum Gasteiger partial charge on any atom is 0.241 e. The fraction of sp³-hybridized carbons (Fsp3) is 0.667. The second kappa shape index (κ2) is 4.44. The highest BCUT2D eigenvalue weighted by molar-refractivity contribution is 6.30. The highest BCUT2D eigenvalue weighted by atomic mass is 35.5. The van der Waals surface area contributed by atoms with Crippen molar-refractivity contribution < 1.29 is 4.79 Å². The standard InChI is InChI=1S/C9H14ClNO/c1-5-7(9(2,3)4)8(10)11-6-12/h5H2,1-4H3/b8-7+. The predicted octanol–water partition coefficient (Wildman–Crippen LogP) is 3.23. The van der Waals surface area contributed by atoms with E-state index in [-0.39, 0.29) is 10.6 Å². The Kier molecular flexibility index (Phi) is 4.22. The highest BCUT2D eigenvalue weighted by Crippen LogP contribution is 2.32. The fourth-order valence-corrected chi connectivity index (χ4v) is 1.54. The lowest BCUT2D eigenvalue weighted by Crippen LogP contribution is -2.09. The lowest BCUT2D eigenvalue weighted by Gasteiger charge is -2.21. The smallest absolute Gasteiger partial charge is 0.211 e. The summed E-state index contributed by atoms with van der Waals surface area (Å²) < 4.78 is 0. The van der Waals surface area contributed by atoms with Crippen LogP contribution >= 0.6 is 11.6 Å². The fourth-order valence-electron chi connectivity index (χ4n) is 1.09. The van der Waals surface area contributed by atoms with Crippen molar-refractivity contribution in [1.29, 1.82) is 0 Å². The van der Waals surface area contributed by atoms with Crippen molar-refractivity contribution in [1.82, 2.24) is 0 Å². The second-order valence-corrected chi connectivity index (χ2v) is 3.93. The van der Waals surface area contributed by atoms with Gasteiger partial charge in [0.05, 0.1) is 0 Å². The number of allylic oxidation sites excluding steroid dienone is 1. The zero-order valence-electron chi connectivity index (χ0n) is 7.94. The third kappa shape index (κ3) is 3.21. The minimum absolute atomic E-state index is 0.0355. The summed E-state index contributed by atoms with van der Waals surface area (Å²) in [5, 5.41) is 0.278. The SMILES string of the molecule is CC/C(=C(/Cl)N=C=O)C(C)(C)C. The van der Waals surface area contributed by atoms with Gasteiger partial charge in [0.2, 0.25) is 6.08 Å². The largest absolute Gasteiger partial charge is 0.241 e. The lowest BCUT2D eigenvalue weighted by molar-refractivity contribution is 0.485. The van der Waals surface area contributed by atoms with Crippen LogP contribution in [0.5, 0.6) is 0 Å². The van der Waals surface area contributed by atoms with Gasteiger partial charge in [0, 0.05) is 0 Å². The molecule has 0 rings (SSSR count).